The summed E-state index contributed by atoms with van der Waals surface area (Å²) < 4.78 is 31.2. The molecule has 0 unspecified atom stereocenters. The number of nitrogens with one attached hydrogen (secondary N) is 1. The number of halogens is 2. The minimum Gasteiger partial charge on any atom is -0.497 e. The summed E-state index contributed by atoms with van der Waals surface area (Å²) in [7, 11) is 1.55. The molecule has 0 bridgehead atoms. The van der Waals surface area contributed by atoms with Gasteiger partial charge in [-0.15, -0.1) is 0 Å². The zero-order valence-corrected chi connectivity index (χ0v) is 10.8. The Hall–Kier alpha value is -2.43. The third kappa shape index (κ3) is 3.32. The molecule has 2 aromatic rings. The molecule has 1 N–H and O–H groups in total. The fourth-order valence-electron chi connectivity index (χ4n) is 1.73. The average molecular weight is 277 g/mol. The molecule has 0 saturated heterocycles. The number of hydrogen-bond donors (Lipinski definition) is 1. The van der Waals surface area contributed by atoms with E-state index in [1.54, 1.807) is 25.3 Å². The van der Waals surface area contributed by atoms with E-state index >= 15 is 0 Å². The van der Waals surface area contributed by atoms with Crippen molar-refractivity contribution < 1.29 is 18.3 Å². The third-order valence-corrected chi connectivity index (χ3v) is 2.76. The van der Waals surface area contributed by atoms with Gasteiger partial charge >= 0.3 is 0 Å². The van der Waals surface area contributed by atoms with Gasteiger partial charge in [0.1, 0.15) is 17.4 Å². The average Bonchev–Trinajstić information content (AvgIpc) is 2.45. The molecule has 0 spiro atoms. The Bertz CT molecular complexity index is 629. The first-order chi connectivity index (χ1) is 9.60. The molecule has 0 heterocycles. The second kappa shape index (κ2) is 6.14. The topological polar surface area (TPSA) is 38.3 Å². The number of ether oxygens (including phenoxy) is 1. The van der Waals surface area contributed by atoms with Gasteiger partial charge in [-0.1, -0.05) is 12.1 Å². The van der Waals surface area contributed by atoms with Crippen LogP contribution in [0, 0.1) is 11.6 Å². The fourth-order valence-corrected chi connectivity index (χ4v) is 1.73. The summed E-state index contributed by atoms with van der Waals surface area (Å²) in [6.07, 6.45) is 0. The summed E-state index contributed by atoms with van der Waals surface area (Å²) in [6, 6.07) is 9.99. The van der Waals surface area contributed by atoms with Crippen molar-refractivity contribution in [1.29, 1.82) is 0 Å². The summed E-state index contributed by atoms with van der Waals surface area (Å²) >= 11 is 0. The third-order valence-electron chi connectivity index (χ3n) is 2.76. The second-order valence-electron chi connectivity index (χ2n) is 4.16. The summed E-state index contributed by atoms with van der Waals surface area (Å²) in [5.41, 5.74) is 0.634. The smallest absolute Gasteiger partial charge is 0.254 e. The number of carbonyl (C=O) groups excluding carboxylic acids is 1. The van der Waals surface area contributed by atoms with Gasteiger partial charge in [-0.3, -0.25) is 4.79 Å². The Morgan fingerprint density at radius 2 is 2.00 bits per heavy atom. The van der Waals surface area contributed by atoms with Gasteiger partial charge in [0.05, 0.1) is 12.7 Å². The SMILES string of the molecule is COc1cccc(CNC(=O)c2ccc(F)cc2F)c1. The van der Waals surface area contributed by atoms with Crippen molar-refractivity contribution in [3.05, 3.63) is 65.2 Å². The van der Waals surface area contributed by atoms with E-state index in [1.807, 2.05) is 6.07 Å². The lowest BCUT2D eigenvalue weighted by atomic mass is 10.1. The molecule has 2 rings (SSSR count). The van der Waals surface area contributed by atoms with E-state index in [1.165, 1.54) is 0 Å². The highest BCUT2D eigenvalue weighted by Crippen LogP contribution is 2.13. The lowest BCUT2D eigenvalue weighted by Gasteiger charge is -2.07. The highest BCUT2D eigenvalue weighted by molar-refractivity contribution is 5.94. The van der Waals surface area contributed by atoms with E-state index < -0.39 is 17.5 Å². The highest BCUT2D eigenvalue weighted by atomic mass is 19.1. The zero-order valence-electron chi connectivity index (χ0n) is 10.8. The molecule has 0 atom stereocenters. The van der Waals surface area contributed by atoms with Gasteiger partial charge < -0.3 is 10.1 Å². The van der Waals surface area contributed by atoms with Gasteiger partial charge in [0, 0.05) is 12.6 Å². The maximum atomic E-state index is 13.4. The van der Waals surface area contributed by atoms with E-state index in [0.29, 0.717) is 11.8 Å². The van der Waals surface area contributed by atoms with Crippen LogP contribution in [0.2, 0.25) is 0 Å². The number of benzene rings is 2. The molecule has 0 saturated carbocycles. The summed E-state index contributed by atoms with van der Waals surface area (Å²) in [6.45, 7) is 0.229. The van der Waals surface area contributed by atoms with Crippen LogP contribution in [0.4, 0.5) is 8.78 Å². The van der Waals surface area contributed by atoms with Crippen LogP contribution in [0.25, 0.3) is 0 Å². The van der Waals surface area contributed by atoms with Crippen LogP contribution in [-0.2, 0) is 6.54 Å². The van der Waals surface area contributed by atoms with E-state index in [0.717, 1.165) is 17.7 Å². The van der Waals surface area contributed by atoms with Crippen molar-refractivity contribution >= 4 is 5.91 Å². The molecule has 3 nitrogen and oxygen atoms in total. The normalized spacial score (nSPS) is 10.2. The number of methoxy groups -OCH3 is 1. The molecule has 0 aromatic heterocycles. The molecule has 5 heteroatoms. The number of amides is 1. The number of carbonyl (C=O) groups is 1. The van der Waals surface area contributed by atoms with Crippen molar-refractivity contribution in [2.75, 3.05) is 7.11 Å². The standard InChI is InChI=1S/C15H13F2NO2/c1-20-12-4-2-3-10(7-12)9-18-15(19)13-6-5-11(16)8-14(13)17/h2-8H,9H2,1H3,(H,18,19). The van der Waals surface area contributed by atoms with E-state index in [2.05, 4.69) is 5.32 Å². The van der Waals surface area contributed by atoms with Crippen LogP contribution < -0.4 is 10.1 Å². The van der Waals surface area contributed by atoms with E-state index in [9.17, 15) is 13.6 Å². The molecular formula is C15H13F2NO2. The molecule has 0 fully saturated rings. The van der Waals surface area contributed by atoms with Gasteiger partial charge in [0.15, 0.2) is 0 Å². The molecule has 0 aliphatic heterocycles. The monoisotopic (exact) mass is 277 g/mol. The number of hydrogen-bond acceptors (Lipinski definition) is 2. The van der Waals surface area contributed by atoms with Crippen LogP contribution in [-0.4, -0.2) is 13.0 Å². The molecule has 1 amide bonds. The Morgan fingerprint density at radius 3 is 2.70 bits per heavy atom. The quantitative estimate of drug-likeness (QED) is 0.933. The molecule has 2 aromatic carbocycles. The van der Waals surface area contributed by atoms with Crippen molar-refractivity contribution in [3.63, 3.8) is 0 Å². The van der Waals surface area contributed by atoms with E-state index in [-0.39, 0.29) is 12.1 Å². The highest BCUT2D eigenvalue weighted by Gasteiger charge is 2.12. The Balaban J connectivity index is 2.04. The van der Waals surface area contributed by atoms with Crippen LogP contribution in [0.15, 0.2) is 42.5 Å². The maximum absolute atomic E-state index is 13.4. The summed E-state index contributed by atoms with van der Waals surface area (Å²) in [4.78, 5) is 11.8. The van der Waals surface area contributed by atoms with E-state index in [4.69, 9.17) is 4.74 Å². The van der Waals surface area contributed by atoms with Crippen molar-refractivity contribution in [2.24, 2.45) is 0 Å². The first-order valence-electron chi connectivity index (χ1n) is 5.96. The van der Waals surface area contributed by atoms with Crippen LogP contribution in [0.1, 0.15) is 15.9 Å². The molecule has 0 aliphatic rings. The van der Waals surface area contributed by atoms with Crippen molar-refractivity contribution in [2.45, 2.75) is 6.54 Å². The Labute approximate surface area is 115 Å². The van der Waals surface area contributed by atoms with Crippen molar-refractivity contribution in [1.82, 2.24) is 5.32 Å². The second-order valence-corrected chi connectivity index (χ2v) is 4.16. The van der Waals surface area contributed by atoms with Gasteiger partial charge in [0.25, 0.3) is 5.91 Å². The van der Waals surface area contributed by atoms with Gasteiger partial charge in [-0.05, 0) is 29.8 Å². The van der Waals surface area contributed by atoms with Crippen molar-refractivity contribution in [3.8, 4) is 5.75 Å². The predicted octanol–water partition coefficient (Wildman–Crippen LogP) is 2.90. The van der Waals surface area contributed by atoms with Crippen LogP contribution >= 0.6 is 0 Å². The minimum absolute atomic E-state index is 0.186. The van der Waals surface area contributed by atoms with Gasteiger partial charge in [-0.2, -0.15) is 0 Å². The molecule has 0 aliphatic carbocycles. The van der Waals surface area contributed by atoms with Crippen LogP contribution in [0.3, 0.4) is 0 Å². The molecular weight excluding hydrogens is 264 g/mol. The Kier molecular flexibility index (Phi) is 4.30. The predicted molar refractivity (Wildman–Crippen MR) is 70.5 cm³/mol. The minimum atomic E-state index is -0.881. The fraction of sp³-hybridized carbons (Fsp3) is 0.133. The van der Waals surface area contributed by atoms with Crippen LogP contribution in [0.5, 0.6) is 5.75 Å². The zero-order chi connectivity index (χ0) is 14.5. The maximum Gasteiger partial charge on any atom is 0.254 e. The molecule has 0 radical (unpaired) electrons. The first kappa shape index (κ1) is 14.0. The Morgan fingerprint density at radius 1 is 1.20 bits per heavy atom. The molecule has 104 valence electrons. The first-order valence-corrected chi connectivity index (χ1v) is 5.96. The largest absolute Gasteiger partial charge is 0.497 e. The number of rotatable bonds is 4. The summed E-state index contributed by atoms with van der Waals surface area (Å²) in [5.74, 6) is -1.52. The summed E-state index contributed by atoms with van der Waals surface area (Å²) in [5, 5.41) is 2.57. The van der Waals surface area contributed by atoms with Gasteiger partial charge in [0.2, 0.25) is 0 Å². The van der Waals surface area contributed by atoms with Gasteiger partial charge in [-0.25, -0.2) is 8.78 Å². The molecule has 20 heavy (non-hydrogen) atoms. The lowest BCUT2D eigenvalue weighted by Crippen LogP contribution is -2.23. The lowest BCUT2D eigenvalue weighted by molar-refractivity contribution is 0.0946.